The molecule has 0 aliphatic rings. The Labute approximate surface area is 118 Å². The highest BCUT2D eigenvalue weighted by molar-refractivity contribution is 5.94. The Hall–Kier alpha value is -1.91. The highest BCUT2D eigenvalue weighted by Gasteiger charge is 2.18. The van der Waals surface area contributed by atoms with Crippen molar-refractivity contribution in [3.05, 3.63) is 29.6 Å². The largest absolute Gasteiger partial charge is 0.481 e. The van der Waals surface area contributed by atoms with Crippen LogP contribution in [0.4, 0.5) is 4.39 Å². The number of amides is 1. The third-order valence-corrected chi connectivity index (χ3v) is 3.06. The average molecular weight is 281 g/mol. The Kier molecular flexibility index (Phi) is 5.25. The van der Waals surface area contributed by atoms with E-state index < -0.39 is 5.82 Å². The smallest absolute Gasteiger partial charge is 0.258 e. The van der Waals surface area contributed by atoms with Crippen molar-refractivity contribution in [3.63, 3.8) is 0 Å². The average Bonchev–Trinajstić information content (AvgIpc) is 2.36. The Morgan fingerprint density at radius 3 is 2.50 bits per heavy atom. The molecule has 0 spiro atoms. The summed E-state index contributed by atoms with van der Waals surface area (Å²) < 4.78 is 18.8. The number of rotatable bonds is 6. The number of carbonyl (C=O) groups excluding carboxylic acids is 2. The molecule has 0 radical (unpaired) electrons. The topological polar surface area (TPSA) is 55.4 Å². The van der Waals surface area contributed by atoms with Gasteiger partial charge in [0.05, 0.1) is 0 Å². The quantitative estimate of drug-likeness (QED) is 0.816. The van der Waals surface area contributed by atoms with Crippen molar-refractivity contribution in [2.75, 3.05) is 6.61 Å². The van der Waals surface area contributed by atoms with Crippen LogP contribution in [0.25, 0.3) is 0 Å². The molecule has 1 aromatic carbocycles. The molecule has 0 saturated heterocycles. The van der Waals surface area contributed by atoms with E-state index in [0.29, 0.717) is 0 Å². The summed E-state index contributed by atoms with van der Waals surface area (Å²) in [5.74, 6) is -1.23. The van der Waals surface area contributed by atoms with Crippen LogP contribution in [0, 0.1) is 5.82 Å². The number of carbonyl (C=O) groups is 2. The molecule has 110 valence electrons. The van der Waals surface area contributed by atoms with E-state index in [1.807, 2.05) is 20.8 Å². The maximum atomic E-state index is 13.7. The number of hydrogen-bond donors (Lipinski definition) is 1. The van der Waals surface area contributed by atoms with Crippen molar-refractivity contribution < 1.29 is 18.7 Å². The minimum atomic E-state index is -0.653. The molecule has 0 aliphatic carbocycles. The number of ether oxygens (including phenoxy) is 1. The predicted octanol–water partition coefficient (Wildman–Crippen LogP) is 2.71. The van der Waals surface area contributed by atoms with Gasteiger partial charge in [0.2, 0.25) is 0 Å². The second-order valence-electron chi connectivity index (χ2n) is 5.28. The number of nitrogens with one attached hydrogen (secondary N) is 1. The molecule has 1 aromatic rings. The van der Waals surface area contributed by atoms with Gasteiger partial charge in [-0.05, 0) is 45.4 Å². The number of halogens is 1. The summed E-state index contributed by atoms with van der Waals surface area (Å²) >= 11 is 0. The fraction of sp³-hybridized carbons (Fsp3) is 0.467. The number of hydrogen-bond acceptors (Lipinski definition) is 3. The number of Topliss-reactive ketones (excluding diaryl/α,β-unsaturated/α-hetero) is 1. The maximum absolute atomic E-state index is 13.7. The van der Waals surface area contributed by atoms with Gasteiger partial charge in [-0.2, -0.15) is 0 Å². The molecule has 20 heavy (non-hydrogen) atoms. The lowest BCUT2D eigenvalue weighted by Gasteiger charge is -2.24. The first-order valence-corrected chi connectivity index (χ1v) is 6.49. The number of benzene rings is 1. The third kappa shape index (κ3) is 4.64. The van der Waals surface area contributed by atoms with E-state index in [1.165, 1.54) is 19.1 Å². The summed E-state index contributed by atoms with van der Waals surface area (Å²) in [4.78, 5) is 22.8. The van der Waals surface area contributed by atoms with Gasteiger partial charge in [0.1, 0.15) is 0 Å². The van der Waals surface area contributed by atoms with E-state index in [2.05, 4.69) is 5.32 Å². The standard InChI is InChI=1S/C15H20FNO3/c1-5-15(3,4)17-14(19)9-20-13-7-6-11(10(2)18)8-12(13)16/h6-8H,5,9H2,1-4H3,(H,17,19). The molecule has 1 amide bonds. The molecule has 0 heterocycles. The summed E-state index contributed by atoms with van der Waals surface area (Å²) in [5, 5.41) is 2.78. The van der Waals surface area contributed by atoms with Gasteiger partial charge < -0.3 is 10.1 Å². The van der Waals surface area contributed by atoms with Crippen LogP contribution in [-0.4, -0.2) is 23.8 Å². The van der Waals surface area contributed by atoms with Crippen molar-refractivity contribution in [2.45, 2.75) is 39.7 Å². The van der Waals surface area contributed by atoms with Crippen LogP contribution >= 0.6 is 0 Å². The van der Waals surface area contributed by atoms with Gasteiger partial charge >= 0.3 is 0 Å². The van der Waals surface area contributed by atoms with E-state index >= 15 is 0 Å². The third-order valence-electron chi connectivity index (χ3n) is 3.06. The van der Waals surface area contributed by atoms with Gasteiger partial charge in [-0.3, -0.25) is 9.59 Å². The van der Waals surface area contributed by atoms with Crippen LogP contribution in [0.5, 0.6) is 5.75 Å². The molecule has 0 bridgehead atoms. The molecule has 0 atom stereocenters. The highest BCUT2D eigenvalue weighted by Crippen LogP contribution is 2.18. The molecule has 0 unspecified atom stereocenters. The van der Waals surface area contributed by atoms with E-state index in [0.717, 1.165) is 12.5 Å². The molecule has 5 heteroatoms. The first kappa shape index (κ1) is 16.1. The van der Waals surface area contributed by atoms with E-state index in [4.69, 9.17) is 4.74 Å². The molecule has 1 N–H and O–H groups in total. The summed E-state index contributed by atoms with van der Waals surface area (Å²) in [6, 6.07) is 3.92. The van der Waals surface area contributed by atoms with Crippen molar-refractivity contribution >= 4 is 11.7 Å². The van der Waals surface area contributed by atoms with Crippen LogP contribution in [-0.2, 0) is 4.79 Å². The Morgan fingerprint density at radius 2 is 2.00 bits per heavy atom. The summed E-state index contributed by atoms with van der Waals surface area (Å²) in [5.41, 5.74) is -0.0521. The fourth-order valence-electron chi connectivity index (χ4n) is 1.48. The van der Waals surface area contributed by atoms with E-state index in [1.54, 1.807) is 0 Å². The normalized spacial score (nSPS) is 11.1. The summed E-state index contributed by atoms with van der Waals surface area (Å²) in [6.07, 6.45) is 0.778. The van der Waals surface area contributed by atoms with Crippen molar-refractivity contribution in [3.8, 4) is 5.75 Å². The highest BCUT2D eigenvalue weighted by atomic mass is 19.1. The van der Waals surface area contributed by atoms with Gasteiger partial charge in [-0.15, -0.1) is 0 Å². The SMILES string of the molecule is CCC(C)(C)NC(=O)COc1ccc(C(C)=O)cc1F. The molecule has 1 rings (SSSR count). The Morgan fingerprint density at radius 1 is 1.35 bits per heavy atom. The van der Waals surface area contributed by atoms with Gasteiger partial charge in [-0.25, -0.2) is 4.39 Å². The molecule has 0 aromatic heterocycles. The van der Waals surface area contributed by atoms with E-state index in [-0.39, 0.29) is 35.1 Å². The second kappa shape index (κ2) is 6.50. The van der Waals surface area contributed by atoms with Crippen molar-refractivity contribution in [2.24, 2.45) is 0 Å². The lowest BCUT2D eigenvalue weighted by Crippen LogP contribution is -2.44. The predicted molar refractivity (Wildman–Crippen MR) is 74.4 cm³/mol. The first-order valence-electron chi connectivity index (χ1n) is 6.49. The van der Waals surface area contributed by atoms with Crippen LogP contribution < -0.4 is 10.1 Å². The van der Waals surface area contributed by atoms with Crippen LogP contribution in [0.15, 0.2) is 18.2 Å². The van der Waals surface area contributed by atoms with E-state index in [9.17, 15) is 14.0 Å². The summed E-state index contributed by atoms with van der Waals surface area (Å²) in [6.45, 7) is 6.84. The second-order valence-corrected chi connectivity index (χ2v) is 5.28. The Balaban J connectivity index is 2.62. The number of ketones is 1. The minimum Gasteiger partial charge on any atom is -0.481 e. The zero-order valence-electron chi connectivity index (χ0n) is 12.2. The molecule has 0 fully saturated rings. The minimum absolute atomic E-state index is 0.0422. The first-order chi connectivity index (χ1) is 9.25. The summed E-state index contributed by atoms with van der Waals surface area (Å²) in [7, 11) is 0. The zero-order valence-corrected chi connectivity index (χ0v) is 12.2. The Bertz CT molecular complexity index is 512. The molecule has 4 nitrogen and oxygen atoms in total. The zero-order chi connectivity index (χ0) is 15.3. The van der Waals surface area contributed by atoms with Crippen LogP contribution in [0.2, 0.25) is 0 Å². The molecular weight excluding hydrogens is 261 g/mol. The maximum Gasteiger partial charge on any atom is 0.258 e. The molecule has 0 saturated carbocycles. The lowest BCUT2D eigenvalue weighted by atomic mass is 10.0. The monoisotopic (exact) mass is 281 g/mol. The fourth-order valence-corrected chi connectivity index (χ4v) is 1.48. The lowest BCUT2D eigenvalue weighted by molar-refractivity contribution is -0.124. The van der Waals surface area contributed by atoms with Gasteiger partial charge in [-0.1, -0.05) is 6.92 Å². The molecule has 0 aliphatic heterocycles. The van der Waals surface area contributed by atoms with Gasteiger partial charge in [0, 0.05) is 11.1 Å². The molecular formula is C15H20FNO3. The van der Waals surface area contributed by atoms with Crippen molar-refractivity contribution in [1.29, 1.82) is 0 Å². The van der Waals surface area contributed by atoms with Crippen LogP contribution in [0.3, 0.4) is 0 Å². The van der Waals surface area contributed by atoms with Gasteiger partial charge in [0.25, 0.3) is 5.91 Å². The van der Waals surface area contributed by atoms with Crippen LogP contribution in [0.1, 0.15) is 44.5 Å². The van der Waals surface area contributed by atoms with Crippen molar-refractivity contribution in [1.82, 2.24) is 5.32 Å². The van der Waals surface area contributed by atoms with Gasteiger partial charge in [0.15, 0.2) is 24.0 Å².